The van der Waals surface area contributed by atoms with Crippen LogP contribution in [0.4, 0.5) is 5.69 Å². The molecule has 10 aromatic carbocycles. The van der Waals surface area contributed by atoms with E-state index in [0.29, 0.717) is 23.2 Å². The molecule has 2 heterocycles. The van der Waals surface area contributed by atoms with Gasteiger partial charge in [-0.3, -0.25) is 0 Å². The van der Waals surface area contributed by atoms with Crippen molar-refractivity contribution in [3.63, 3.8) is 0 Å². The molecular formula is C63H43N5. The smallest absolute Gasteiger partial charge is 0.164 e. The van der Waals surface area contributed by atoms with Gasteiger partial charge in [-0.05, 0) is 105 Å². The Morgan fingerprint density at radius 2 is 0.618 bits per heavy atom. The van der Waals surface area contributed by atoms with Crippen LogP contribution in [0.25, 0.3) is 117 Å². The maximum atomic E-state index is 6.59. The molecule has 0 amide bonds. The molecule has 0 radical (unpaired) electrons. The average molecular weight is 870 g/mol. The Kier molecular flexibility index (Phi) is 10.3. The minimum absolute atomic E-state index is 0.573. The minimum Gasteiger partial charge on any atom is -0.399 e. The summed E-state index contributed by atoms with van der Waals surface area (Å²) in [5, 5.41) is 2.21. The number of nitrogens with zero attached hydrogens (tertiary/aromatic N) is 4. The fraction of sp³-hybridized carbons (Fsp3) is 0. The van der Waals surface area contributed by atoms with Gasteiger partial charge in [-0.2, -0.15) is 0 Å². The molecule has 0 unspecified atom stereocenters. The zero-order chi connectivity index (χ0) is 45.4. The van der Waals surface area contributed by atoms with Crippen LogP contribution in [0.15, 0.2) is 249 Å². The highest BCUT2D eigenvalue weighted by atomic mass is 15.0. The summed E-state index contributed by atoms with van der Waals surface area (Å²) in [5.41, 5.74) is 24.0. The standard InChI is InChI=1S/C63H43N5/c64-53-32-34-59-57(41-53)56-38-48(42-19-7-1-8-20-42)31-33-58(56)68(59)60-54(45-25-13-4-14-26-45)39-52(40-55(60)46-27-15-5-16-28-46)63-66-61(47-29-17-6-18-30-47)65-62(67-63)51-36-49(43-21-9-2-10-22-43)35-50(37-51)44-23-11-3-12-24-44/h1-41H,64H2. The highest BCUT2D eigenvalue weighted by molar-refractivity contribution is 6.12. The predicted molar refractivity (Wildman–Crippen MR) is 282 cm³/mol. The Bertz CT molecular complexity index is 3640. The molecule has 0 saturated carbocycles. The second kappa shape index (κ2) is 17.3. The fourth-order valence-corrected chi connectivity index (χ4v) is 9.47. The van der Waals surface area contributed by atoms with Gasteiger partial charge in [0.2, 0.25) is 0 Å². The van der Waals surface area contributed by atoms with Crippen molar-refractivity contribution in [1.29, 1.82) is 0 Å². The van der Waals surface area contributed by atoms with E-state index < -0.39 is 0 Å². The van der Waals surface area contributed by atoms with Crippen molar-refractivity contribution in [2.75, 3.05) is 5.73 Å². The second-order valence-corrected chi connectivity index (χ2v) is 17.1. The van der Waals surface area contributed by atoms with E-state index in [2.05, 4.69) is 217 Å². The summed E-state index contributed by atoms with van der Waals surface area (Å²) in [5.74, 6) is 1.76. The van der Waals surface area contributed by atoms with Gasteiger partial charge in [0.15, 0.2) is 17.5 Å². The van der Waals surface area contributed by atoms with Gasteiger partial charge in [-0.25, -0.2) is 15.0 Å². The van der Waals surface area contributed by atoms with E-state index in [1.54, 1.807) is 0 Å². The summed E-state index contributed by atoms with van der Waals surface area (Å²) in [6.07, 6.45) is 0. The van der Waals surface area contributed by atoms with Gasteiger partial charge < -0.3 is 10.3 Å². The van der Waals surface area contributed by atoms with E-state index in [1.807, 2.05) is 36.4 Å². The van der Waals surface area contributed by atoms with Crippen molar-refractivity contribution in [2.45, 2.75) is 0 Å². The van der Waals surface area contributed by atoms with Gasteiger partial charge in [0, 0.05) is 44.3 Å². The first kappa shape index (κ1) is 40.3. The monoisotopic (exact) mass is 869 g/mol. The molecule has 0 bridgehead atoms. The molecule has 0 aliphatic rings. The van der Waals surface area contributed by atoms with Crippen molar-refractivity contribution in [1.82, 2.24) is 19.5 Å². The quantitative estimate of drug-likeness (QED) is 0.147. The lowest BCUT2D eigenvalue weighted by Gasteiger charge is -2.21. The Hall–Kier alpha value is -9.19. The number of nitrogens with two attached hydrogens (primary N) is 1. The van der Waals surface area contributed by atoms with E-state index in [9.17, 15) is 0 Å². The number of fused-ring (bicyclic) bond motifs is 3. The summed E-state index contributed by atoms with van der Waals surface area (Å²) >= 11 is 0. The molecule has 2 N–H and O–H groups in total. The van der Waals surface area contributed by atoms with Gasteiger partial charge in [-0.15, -0.1) is 0 Å². The molecule has 320 valence electrons. The van der Waals surface area contributed by atoms with Crippen molar-refractivity contribution < 1.29 is 0 Å². The third kappa shape index (κ3) is 7.58. The number of aromatic nitrogens is 4. The largest absolute Gasteiger partial charge is 0.399 e. The zero-order valence-corrected chi connectivity index (χ0v) is 37.0. The van der Waals surface area contributed by atoms with E-state index in [4.69, 9.17) is 20.7 Å². The van der Waals surface area contributed by atoms with Crippen LogP contribution in [0, 0.1) is 0 Å². The third-order valence-corrected chi connectivity index (χ3v) is 12.7. The molecule has 0 atom stereocenters. The second-order valence-electron chi connectivity index (χ2n) is 17.1. The lowest BCUT2D eigenvalue weighted by Crippen LogP contribution is -2.04. The Labute approximate surface area is 395 Å². The third-order valence-electron chi connectivity index (χ3n) is 12.7. The van der Waals surface area contributed by atoms with Crippen LogP contribution < -0.4 is 5.73 Å². The topological polar surface area (TPSA) is 69.6 Å². The molecule has 0 aliphatic heterocycles. The van der Waals surface area contributed by atoms with Gasteiger partial charge in [0.25, 0.3) is 0 Å². The first-order valence-corrected chi connectivity index (χ1v) is 22.9. The summed E-state index contributed by atoms with van der Waals surface area (Å²) < 4.78 is 2.42. The predicted octanol–water partition coefficient (Wildman–Crippen LogP) is 15.9. The maximum Gasteiger partial charge on any atom is 0.164 e. The molecule has 5 heteroatoms. The van der Waals surface area contributed by atoms with Crippen molar-refractivity contribution in [2.24, 2.45) is 0 Å². The Balaban J connectivity index is 1.15. The summed E-state index contributed by atoms with van der Waals surface area (Å²) in [7, 11) is 0. The van der Waals surface area contributed by atoms with Crippen LogP contribution in [0.5, 0.6) is 0 Å². The lowest BCUT2D eigenvalue weighted by atomic mass is 9.92. The summed E-state index contributed by atoms with van der Waals surface area (Å²) in [6, 6.07) is 87.2. The maximum absolute atomic E-state index is 6.59. The van der Waals surface area contributed by atoms with Crippen molar-refractivity contribution in [3.8, 4) is 95.5 Å². The van der Waals surface area contributed by atoms with E-state index in [-0.39, 0.29) is 0 Å². The molecule has 0 spiro atoms. The lowest BCUT2D eigenvalue weighted by molar-refractivity contribution is 1.07. The highest BCUT2D eigenvalue weighted by Gasteiger charge is 2.24. The molecular weight excluding hydrogens is 827 g/mol. The highest BCUT2D eigenvalue weighted by Crippen LogP contribution is 2.45. The number of rotatable bonds is 9. The van der Waals surface area contributed by atoms with Crippen LogP contribution in [0.1, 0.15) is 0 Å². The SMILES string of the molecule is Nc1ccc2c(c1)c1cc(-c3ccccc3)ccc1n2-c1c(-c2ccccc2)cc(-c2nc(-c3ccccc3)nc(-c3cc(-c4ccccc4)cc(-c4ccccc4)c3)n2)cc1-c1ccccc1. The Morgan fingerprint density at radius 1 is 0.265 bits per heavy atom. The molecule has 12 rings (SSSR count). The first-order valence-electron chi connectivity index (χ1n) is 22.9. The summed E-state index contributed by atoms with van der Waals surface area (Å²) in [4.78, 5) is 16.0. The number of benzene rings is 10. The van der Waals surface area contributed by atoms with Crippen molar-refractivity contribution in [3.05, 3.63) is 249 Å². The number of hydrogen-bond donors (Lipinski definition) is 1. The van der Waals surface area contributed by atoms with E-state index in [1.165, 1.54) is 0 Å². The molecule has 0 saturated heterocycles. The molecule has 2 aromatic heterocycles. The molecule has 0 fully saturated rings. The van der Waals surface area contributed by atoms with Crippen LogP contribution in [0.3, 0.4) is 0 Å². The molecule has 12 aromatic rings. The average Bonchev–Trinajstić information content (AvgIpc) is 3.74. The first-order chi connectivity index (χ1) is 33.6. The molecule has 0 aliphatic carbocycles. The van der Waals surface area contributed by atoms with Gasteiger partial charge in [-0.1, -0.05) is 188 Å². The molecule has 68 heavy (non-hydrogen) atoms. The van der Waals surface area contributed by atoms with Gasteiger partial charge >= 0.3 is 0 Å². The van der Waals surface area contributed by atoms with Gasteiger partial charge in [0.05, 0.1) is 16.7 Å². The van der Waals surface area contributed by atoms with Crippen LogP contribution >= 0.6 is 0 Å². The van der Waals surface area contributed by atoms with E-state index >= 15 is 0 Å². The zero-order valence-electron chi connectivity index (χ0n) is 37.0. The minimum atomic E-state index is 0.573. The van der Waals surface area contributed by atoms with Gasteiger partial charge in [0.1, 0.15) is 0 Å². The fourth-order valence-electron chi connectivity index (χ4n) is 9.47. The number of hydrogen-bond acceptors (Lipinski definition) is 4. The van der Waals surface area contributed by atoms with Crippen molar-refractivity contribution >= 4 is 27.5 Å². The van der Waals surface area contributed by atoms with Crippen LogP contribution in [-0.2, 0) is 0 Å². The Morgan fingerprint density at radius 3 is 1.09 bits per heavy atom. The van der Waals surface area contributed by atoms with E-state index in [0.717, 1.165) is 99.8 Å². The number of anilines is 1. The normalized spacial score (nSPS) is 11.3. The number of nitrogen functional groups attached to an aromatic ring is 1. The molecule has 5 nitrogen and oxygen atoms in total. The van der Waals surface area contributed by atoms with Crippen LogP contribution in [0.2, 0.25) is 0 Å². The van der Waals surface area contributed by atoms with Crippen LogP contribution in [-0.4, -0.2) is 19.5 Å². The summed E-state index contributed by atoms with van der Waals surface area (Å²) in [6.45, 7) is 0.